The summed E-state index contributed by atoms with van der Waals surface area (Å²) >= 11 is 1.78. The summed E-state index contributed by atoms with van der Waals surface area (Å²) in [6.45, 7) is 11.0. The molecule has 0 aliphatic carbocycles. The molecule has 0 spiro atoms. The summed E-state index contributed by atoms with van der Waals surface area (Å²) in [5.41, 5.74) is 6.24. The Morgan fingerprint density at radius 3 is 2.65 bits per heavy atom. The minimum Gasteiger partial charge on any atom is -0.296 e. The van der Waals surface area contributed by atoms with Crippen molar-refractivity contribution in [2.45, 2.75) is 46.6 Å². The fourth-order valence-corrected chi connectivity index (χ4v) is 5.09. The average Bonchev–Trinajstić information content (AvgIpc) is 3.17. The SMILES string of the molecule is Cc1cc(C[C@@H]2CCN([C@H](C)c3ccc4sc(C)nc4c3)C2)cc(C)n1. The van der Waals surface area contributed by atoms with Crippen LogP contribution >= 0.6 is 11.3 Å². The zero-order valence-corrected chi connectivity index (χ0v) is 16.9. The third kappa shape index (κ3) is 3.67. The molecule has 26 heavy (non-hydrogen) atoms. The fraction of sp³-hybridized carbons (Fsp3) is 0.455. The molecule has 0 N–H and O–H groups in total. The van der Waals surface area contributed by atoms with Gasteiger partial charge in [0.25, 0.3) is 0 Å². The topological polar surface area (TPSA) is 29.0 Å². The first kappa shape index (κ1) is 17.6. The summed E-state index contributed by atoms with van der Waals surface area (Å²) in [5.74, 6) is 0.740. The molecule has 0 saturated carbocycles. The fourth-order valence-electron chi connectivity index (χ4n) is 4.28. The van der Waals surface area contributed by atoms with Gasteiger partial charge >= 0.3 is 0 Å². The standard InChI is InChI=1S/C22H27N3S/c1-14-9-19(10-15(2)23-14)11-18-7-8-25(13-18)16(3)20-5-6-22-21(12-20)24-17(4)26-22/h5-6,9-10,12,16,18H,7-8,11,13H2,1-4H3/t16-,18+/m1/s1. The zero-order chi connectivity index (χ0) is 18.3. The van der Waals surface area contributed by atoms with Crippen LogP contribution in [0.15, 0.2) is 30.3 Å². The van der Waals surface area contributed by atoms with Gasteiger partial charge in [-0.2, -0.15) is 0 Å². The number of pyridine rings is 1. The quantitative estimate of drug-likeness (QED) is 0.633. The summed E-state index contributed by atoms with van der Waals surface area (Å²) in [7, 11) is 0. The molecule has 1 aliphatic heterocycles. The number of fused-ring (bicyclic) bond motifs is 1. The van der Waals surface area contributed by atoms with Crippen LogP contribution in [0, 0.1) is 26.7 Å². The molecule has 4 rings (SSSR count). The van der Waals surface area contributed by atoms with Crippen molar-refractivity contribution in [2.24, 2.45) is 5.92 Å². The molecule has 4 heteroatoms. The predicted octanol–water partition coefficient (Wildman–Crippen LogP) is 5.24. The van der Waals surface area contributed by atoms with E-state index in [1.807, 2.05) is 0 Å². The minimum atomic E-state index is 0.451. The lowest BCUT2D eigenvalue weighted by Crippen LogP contribution is -2.24. The predicted molar refractivity (Wildman–Crippen MR) is 110 cm³/mol. The molecule has 3 heterocycles. The largest absolute Gasteiger partial charge is 0.296 e. The molecule has 0 bridgehead atoms. The highest BCUT2D eigenvalue weighted by Crippen LogP contribution is 2.31. The van der Waals surface area contributed by atoms with Gasteiger partial charge in [0, 0.05) is 24.0 Å². The van der Waals surface area contributed by atoms with Crippen LogP contribution in [0.4, 0.5) is 0 Å². The number of hydrogen-bond acceptors (Lipinski definition) is 4. The van der Waals surface area contributed by atoms with Crippen molar-refractivity contribution in [1.29, 1.82) is 0 Å². The Bertz CT molecular complexity index is 910. The highest BCUT2D eigenvalue weighted by atomic mass is 32.1. The van der Waals surface area contributed by atoms with Crippen LogP contribution < -0.4 is 0 Å². The van der Waals surface area contributed by atoms with Gasteiger partial charge in [-0.25, -0.2) is 4.98 Å². The van der Waals surface area contributed by atoms with Gasteiger partial charge in [-0.1, -0.05) is 6.07 Å². The molecule has 3 aromatic rings. The third-order valence-corrected chi connectivity index (χ3v) is 6.48. The first-order valence-electron chi connectivity index (χ1n) is 9.53. The summed E-state index contributed by atoms with van der Waals surface area (Å²) in [5, 5.41) is 1.15. The second kappa shape index (κ2) is 7.09. The van der Waals surface area contributed by atoms with Gasteiger partial charge in [-0.15, -0.1) is 11.3 Å². The first-order valence-corrected chi connectivity index (χ1v) is 10.3. The summed E-state index contributed by atoms with van der Waals surface area (Å²) in [6.07, 6.45) is 2.44. The molecule has 2 atom stereocenters. The number of thiazole rings is 1. The molecule has 2 aromatic heterocycles. The summed E-state index contributed by atoms with van der Waals surface area (Å²) in [4.78, 5) is 11.8. The van der Waals surface area contributed by atoms with E-state index in [9.17, 15) is 0 Å². The van der Waals surface area contributed by atoms with Gasteiger partial charge in [-0.3, -0.25) is 9.88 Å². The van der Waals surface area contributed by atoms with Crippen molar-refractivity contribution in [3.05, 3.63) is 57.9 Å². The number of benzene rings is 1. The van der Waals surface area contributed by atoms with E-state index >= 15 is 0 Å². The minimum absolute atomic E-state index is 0.451. The van der Waals surface area contributed by atoms with E-state index < -0.39 is 0 Å². The van der Waals surface area contributed by atoms with Crippen molar-refractivity contribution in [2.75, 3.05) is 13.1 Å². The maximum Gasteiger partial charge on any atom is 0.0907 e. The number of likely N-dealkylation sites (tertiary alicyclic amines) is 1. The third-order valence-electron chi connectivity index (χ3n) is 5.53. The molecule has 0 radical (unpaired) electrons. The van der Waals surface area contributed by atoms with E-state index in [4.69, 9.17) is 0 Å². The van der Waals surface area contributed by atoms with Crippen LogP contribution in [-0.4, -0.2) is 28.0 Å². The molecule has 1 aromatic carbocycles. The van der Waals surface area contributed by atoms with Gasteiger partial charge in [0.1, 0.15) is 0 Å². The summed E-state index contributed by atoms with van der Waals surface area (Å²) < 4.78 is 1.29. The smallest absolute Gasteiger partial charge is 0.0907 e. The molecule has 1 saturated heterocycles. The Hall–Kier alpha value is -1.78. The zero-order valence-electron chi connectivity index (χ0n) is 16.1. The molecule has 1 fully saturated rings. The number of nitrogens with zero attached hydrogens (tertiary/aromatic N) is 3. The lowest BCUT2D eigenvalue weighted by Gasteiger charge is -2.25. The Kier molecular flexibility index (Phi) is 4.80. The van der Waals surface area contributed by atoms with Crippen LogP contribution in [0.2, 0.25) is 0 Å². The number of aryl methyl sites for hydroxylation is 3. The second-order valence-corrected chi connectivity index (χ2v) is 8.98. The Morgan fingerprint density at radius 1 is 1.12 bits per heavy atom. The maximum atomic E-state index is 4.66. The van der Waals surface area contributed by atoms with Gasteiger partial charge in [0.2, 0.25) is 0 Å². The van der Waals surface area contributed by atoms with E-state index in [0.717, 1.165) is 34.3 Å². The number of rotatable bonds is 4. The molecule has 0 unspecified atom stereocenters. The van der Waals surface area contributed by atoms with E-state index in [1.165, 1.54) is 35.3 Å². The first-order chi connectivity index (χ1) is 12.5. The molecule has 1 aliphatic rings. The monoisotopic (exact) mass is 365 g/mol. The summed E-state index contributed by atoms with van der Waals surface area (Å²) in [6, 6.07) is 11.8. The number of aromatic nitrogens is 2. The Balaban J connectivity index is 1.45. The molecule has 136 valence electrons. The van der Waals surface area contributed by atoms with E-state index in [2.05, 4.69) is 72.9 Å². The van der Waals surface area contributed by atoms with Crippen molar-refractivity contribution in [1.82, 2.24) is 14.9 Å². The van der Waals surface area contributed by atoms with E-state index in [1.54, 1.807) is 11.3 Å². The van der Waals surface area contributed by atoms with Crippen LogP contribution in [0.3, 0.4) is 0 Å². The van der Waals surface area contributed by atoms with Crippen molar-refractivity contribution in [3.63, 3.8) is 0 Å². The number of hydrogen-bond donors (Lipinski definition) is 0. The van der Waals surface area contributed by atoms with E-state index in [0.29, 0.717) is 6.04 Å². The molecule has 0 amide bonds. The second-order valence-electron chi connectivity index (χ2n) is 7.75. The van der Waals surface area contributed by atoms with Gasteiger partial charge in [-0.05, 0) is 88.4 Å². The lowest BCUT2D eigenvalue weighted by molar-refractivity contribution is 0.252. The van der Waals surface area contributed by atoms with Crippen LogP contribution in [0.5, 0.6) is 0 Å². The highest BCUT2D eigenvalue weighted by molar-refractivity contribution is 7.18. The average molecular weight is 366 g/mol. The molecule has 3 nitrogen and oxygen atoms in total. The lowest BCUT2D eigenvalue weighted by atomic mass is 9.98. The van der Waals surface area contributed by atoms with Crippen molar-refractivity contribution < 1.29 is 0 Å². The normalized spacial score (nSPS) is 19.3. The Labute approximate surface area is 160 Å². The van der Waals surface area contributed by atoms with Gasteiger partial charge < -0.3 is 0 Å². The van der Waals surface area contributed by atoms with E-state index in [-0.39, 0.29) is 0 Å². The highest BCUT2D eigenvalue weighted by Gasteiger charge is 2.27. The van der Waals surface area contributed by atoms with Crippen molar-refractivity contribution >= 4 is 21.6 Å². The molecular formula is C22H27N3S. The molecular weight excluding hydrogens is 338 g/mol. The van der Waals surface area contributed by atoms with Gasteiger partial charge in [0.05, 0.1) is 15.2 Å². The van der Waals surface area contributed by atoms with Gasteiger partial charge in [0.15, 0.2) is 0 Å². The Morgan fingerprint density at radius 2 is 1.88 bits per heavy atom. The van der Waals surface area contributed by atoms with Crippen LogP contribution in [0.25, 0.3) is 10.2 Å². The van der Waals surface area contributed by atoms with Crippen molar-refractivity contribution in [3.8, 4) is 0 Å². The van der Waals surface area contributed by atoms with Crippen LogP contribution in [0.1, 0.15) is 46.9 Å². The maximum absolute atomic E-state index is 4.66. The van der Waals surface area contributed by atoms with Crippen LogP contribution in [-0.2, 0) is 6.42 Å².